The highest BCUT2D eigenvalue weighted by Crippen LogP contribution is 2.34. The van der Waals surface area contributed by atoms with Crippen LogP contribution in [0.25, 0.3) is 0 Å². The number of rotatable bonds is 5. The van der Waals surface area contributed by atoms with Gasteiger partial charge >= 0.3 is 6.03 Å². The molecule has 2 heterocycles. The molecule has 2 N–H and O–H groups in total. The van der Waals surface area contributed by atoms with Crippen molar-refractivity contribution < 1.29 is 19.1 Å². The molecule has 0 aromatic carbocycles. The van der Waals surface area contributed by atoms with Gasteiger partial charge in [0.2, 0.25) is 5.91 Å². The quantitative estimate of drug-likeness (QED) is 0.568. The Bertz CT molecular complexity index is 467. The maximum absolute atomic E-state index is 12.4. The zero-order valence-electron chi connectivity index (χ0n) is 12.7. The van der Waals surface area contributed by atoms with E-state index in [1.165, 1.54) is 4.90 Å². The smallest absolute Gasteiger partial charge is 0.325 e. The Labute approximate surface area is 129 Å². The molecule has 0 aromatic heterocycles. The molecule has 1 spiro atoms. The van der Waals surface area contributed by atoms with Crippen molar-refractivity contribution in [3.05, 3.63) is 0 Å². The molecule has 7 nitrogen and oxygen atoms in total. The van der Waals surface area contributed by atoms with Gasteiger partial charge in [-0.1, -0.05) is 12.8 Å². The predicted molar refractivity (Wildman–Crippen MR) is 78.0 cm³/mol. The minimum atomic E-state index is -0.637. The van der Waals surface area contributed by atoms with Crippen LogP contribution in [0.2, 0.25) is 0 Å². The van der Waals surface area contributed by atoms with Gasteiger partial charge in [0.1, 0.15) is 5.54 Å². The number of nitrogens with zero attached hydrogens (tertiary/aromatic N) is 1. The first kappa shape index (κ1) is 15.3. The molecule has 7 heteroatoms. The van der Waals surface area contributed by atoms with Crippen LogP contribution in [0.3, 0.4) is 0 Å². The fraction of sp³-hybridized carbons (Fsp3) is 0.800. The minimum absolute atomic E-state index is 0.00182. The molecule has 122 valence electrons. The molecular formula is C15H23N3O4. The van der Waals surface area contributed by atoms with Gasteiger partial charge in [-0.2, -0.15) is 0 Å². The SMILES string of the molecule is O=C(NCCCN1C(=O)NC2(CCCC2)C1=O)[C@@H]1CCOC1. The number of carbonyl (C=O) groups is 3. The molecule has 1 aliphatic carbocycles. The number of amides is 4. The highest BCUT2D eigenvalue weighted by atomic mass is 16.5. The standard InChI is InChI=1S/C15H23N3O4/c19-12(11-4-9-22-10-11)16-7-3-8-18-13(20)15(17-14(18)21)5-1-2-6-15/h11H,1-10H2,(H,16,19)(H,17,21)/t11-/m1/s1. The summed E-state index contributed by atoms with van der Waals surface area (Å²) in [5.74, 6) is -0.147. The summed E-state index contributed by atoms with van der Waals surface area (Å²) in [4.78, 5) is 37.5. The summed E-state index contributed by atoms with van der Waals surface area (Å²) in [7, 11) is 0. The third kappa shape index (κ3) is 2.82. The van der Waals surface area contributed by atoms with E-state index in [0.717, 1.165) is 32.1 Å². The van der Waals surface area contributed by atoms with Crippen molar-refractivity contribution in [1.29, 1.82) is 0 Å². The van der Waals surface area contributed by atoms with Gasteiger partial charge in [-0.3, -0.25) is 14.5 Å². The third-order valence-corrected chi connectivity index (χ3v) is 4.86. The van der Waals surface area contributed by atoms with E-state index < -0.39 is 5.54 Å². The van der Waals surface area contributed by atoms with E-state index in [4.69, 9.17) is 4.74 Å². The number of hydrogen-bond donors (Lipinski definition) is 2. The van der Waals surface area contributed by atoms with Gasteiger partial charge in [0.25, 0.3) is 5.91 Å². The molecule has 0 unspecified atom stereocenters. The lowest BCUT2D eigenvalue weighted by atomic mass is 9.98. The van der Waals surface area contributed by atoms with Crippen LogP contribution >= 0.6 is 0 Å². The second-order valence-electron chi connectivity index (χ2n) is 6.38. The highest BCUT2D eigenvalue weighted by Gasteiger charge is 2.51. The fourth-order valence-electron chi connectivity index (χ4n) is 3.53. The summed E-state index contributed by atoms with van der Waals surface area (Å²) in [6.07, 6.45) is 4.80. The summed E-state index contributed by atoms with van der Waals surface area (Å²) < 4.78 is 5.18. The van der Waals surface area contributed by atoms with Crippen molar-refractivity contribution in [2.45, 2.75) is 44.1 Å². The second kappa shape index (κ2) is 6.24. The maximum Gasteiger partial charge on any atom is 0.325 e. The van der Waals surface area contributed by atoms with Gasteiger partial charge in [0, 0.05) is 19.7 Å². The number of imide groups is 1. The van der Waals surface area contributed by atoms with Crippen LogP contribution in [0, 0.1) is 5.92 Å². The largest absolute Gasteiger partial charge is 0.381 e. The number of ether oxygens (including phenoxy) is 1. The molecule has 1 atom stereocenters. The lowest BCUT2D eigenvalue weighted by molar-refractivity contribution is -0.131. The van der Waals surface area contributed by atoms with Crippen molar-refractivity contribution in [2.24, 2.45) is 5.92 Å². The normalized spacial score (nSPS) is 26.7. The average molecular weight is 309 g/mol. The molecule has 2 saturated heterocycles. The van der Waals surface area contributed by atoms with E-state index >= 15 is 0 Å². The maximum atomic E-state index is 12.4. The monoisotopic (exact) mass is 309 g/mol. The lowest BCUT2D eigenvalue weighted by Gasteiger charge is -2.20. The molecule has 2 aliphatic heterocycles. The number of hydrogen-bond acceptors (Lipinski definition) is 4. The predicted octanol–water partition coefficient (Wildman–Crippen LogP) is 0.394. The first-order chi connectivity index (χ1) is 10.6. The Morgan fingerprint density at radius 2 is 2.14 bits per heavy atom. The van der Waals surface area contributed by atoms with Crippen LogP contribution in [0.1, 0.15) is 38.5 Å². The molecule has 22 heavy (non-hydrogen) atoms. The van der Waals surface area contributed by atoms with Gasteiger partial charge in [-0.15, -0.1) is 0 Å². The van der Waals surface area contributed by atoms with Gasteiger partial charge in [-0.25, -0.2) is 4.79 Å². The summed E-state index contributed by atoms with van der Waals surface area (Å²) in [6.45, 7) is 1.96. The molecular weight excluding hydrogens is 286 g/mol. The average Bonchev–Trinajstić information content (AvgIpc) is 3.21. The first-order valence-electron chi connectivity index (χ1n) is 8.12. The van der Waals surface area contributed by atoms with E-state index in [9.17, 15) is 14.4 Å². The first-order valence-corrected chi connectivity index (χ1v) is 8.12. The van der Waals surface area contributed by atoms with Crippen LogP contribution in [0.15, 0.2) is 0 Å². The zero-order chi connectivity index (χ0) is 15.6. The lowest BCUT2D eigenvalue weighted by Crippen LogP contribution is -2.44. The summed E-state index contributed by atoms with van der Waals surface area (Å²) >= 11 is 0. The summed E-state index contributed by atoms with van der Waals surface area (Å²) in [5.41, 5.74) is -0.637. The Morgan fingerprint density at radius 3 is 2.82 bits per heavy atom. The number of nitrogens with one attached hydrogen (secondary N) is 2. The van der Waals surface area contributed by atoms with E-state index in [-0.39, 0.29) is 23.8 Å². The van der Waals surface area contributed by atoms with Crippen molar-refractivity contribution in [3.63, 3.8) is 0 Å². The number of carbonyl (C=O) groups excluding carboxylic acids is 3. The molecule has 0 bridgehead atoms. The van der Waals surface area contributed by atoms with E-state index in [2.05, 4.69) is 10.6 Å². The van der Waals surface area contributed by atoms with Crippen LogP contribution in [-0.4, -0.2) is 54.6 Å². The molecule has 3 aliphatic rings. The van der Waals surface area contributed by atoms with E-state index in [0.29, 0.717) is 32.7 Å². The van der Waals surface area contributed by atoms with Gasteiger partial charge < -0.3 is 15.4 Å². The summed E-state index contributed by atoms with van der Waals surface area (Å²) in [6, 6.07) is -0.289. The Balaban J connectivity index is 1.42. The van der Waals surface area contributed by atoms with E-state index in [1.807, 2.05) is 0 Å². The van der Waals surface area contributed by atoms with Crippen LogP contribution < -0.4 is 10.6 Å². The molecule has 3 rings (SSSR count). The molecule has 1 saturated carbocycles. The van der Waals surface area contributed by atoms with Crippen LogP contribution in [-0.2, 0) is 14.3 Å². The van der Waals surface area contributed by atoms with Crippen molar-refractivity contribution >= 4 is 17.8 Å². The fourth-order valence-corrected chi connectivity index (χ4v) is 3.53. The topological polar surface area (TPSA) is 87.7 Å². The van der Waals surface area contributed by atoms with Crippen LogP contribution in [0.4, 0.5) is 4.79 Å². The van der Waals surface area contributed by atoms with Gasteiger partial charge in [0.05, 0.1) is 12.5 Å². The highest BCUT2D eigenvalue weighted by molar-refractivity contribution is 6.07. The molecule has 4 amide bonds. The van der Waals surface area contributed by atoms with Crippen LogP contribution in [0.5, 0.6) is 0 Å². The second-order valence-corrected chi connectivity index (χ2v) is 6.38. The Hall–Kier alpha value is -1.63. The molecule has 0 radical (unpaired) electrons. The Kier molecular flexibility index (Phi) is 4.33. The van der Waals surface area contributed by atoms with Crippen molar-refractivity contribution in [1.82, 2.24) is 15.5 Å². The van der Waals surface area contributed by atoms with E-state index in [1.54, 1.807) is 0 Å². The zero-order valence-corrected chi connectivity index (χ0v) is 12.7. The van der Waals surface area contributed by atoms with Crippen molar-refractivity contribution in [2.75, 3.05) is 26.3 Å². The third-order valence-electron chi connectivity index (χ3n) is 4.86. The van der Waals surface area contributed by atoms with Crippen molar-refractivity contribution in [3.8, 4) is 0 Å². The molecule has 3 fully saturated rings. The number of urea groups is 1. The molecule has 0 aromatic rings. The van der Waals surface area contributed by atoms with Gasteiger partial charge in [0.15, 0.2) is 0 Å². The van der Waals surface area contributed by atoms with Gasteiger partial charge in [-0.05, 0) is 25.7 Å². The Morgan fingerprint density at radius 1 is 1.36 bits per heavy atom. The minimum Gasteiger partial charge on any atom is -0.381 e. The summed E-state index contributed by atoms with van der Waals surface area (Å²) in [5, 5.41) is 5.71.